The molecule has 8 nitrogen and oxygen atoms in total. The Morgan fingerprint density at radius 1 is 1.22 bits per heavy atom. The fraction of sp³-hybridized carbons (Fsp3) is 0.111. The summed E-state index contributed by atoms with van der Waals surface area (Å²) in [6.45, 7) is 1.30. The average Bonchev–Trinajstić information content (AvgIpc) is 3.09. The molecule has 0 fully saturated rings. The number of halogens is 1. The zero-order valence-electron chi connectivity index (χ0n) is 14.0. The van der Waals surface area contributed by atoms with Crippen LogP contribution in [-0.2, 0) is 9.59 Å². The highest BCUT2D eigenvalue weighted by atomic mass is 35.5. The van der Waals surface area contributed by atoms with Crippen molar-refractivity contribution in [1.82, 2.24) is 0 Å². The number of rotatable bonds is 5. The Balaban J connectivity index is 1.85. The van der Waals surface area contributed by atoms with Crippen molar-refractivity contribution < 1.29 is 24.0 Å². The second-order valence-corrected chi connectivity index (χ2v) is 6.02. The molecule has 0 atom stereocenters. The number of carbonyl (C=O) groups is 2. The minimum Gasteiger partial charge on any atom is -0.454 e. The van der Waals surface area contributed by atoms with Crippen LogP contribution >= 0.6 is 11.6 Å². The van der Waals surface area contributed by atoms with Crippen molar-refractivity contribution in [1.29, 1.82) is 0 Å². The maximum atomic E-state index is 12.5. The first-order chi connectivity index (χ1) is 12.8. The molecule has 1 amide bonds. The lowest BCUT2D eigenvalue weighted by Crippen LogP contribution is -2.18. The SMILES string of the molecule is CC(=O)/C(=C\c1cc(Cl)c2c(c1)OCO2)C(=O)Nc1ccc([N+](=O)[O-])cc1. The molecule has 9 heteroatoms. The van der Waals surface area contributed by atoms with Crippen LogP contribution in [0.1, 0.15) is 12.5 Å². The van der Waals surface area contributed by atoms with Gasteiger partial charge in [0.15, 0.2) is 17.3 Å². The smallest absolute Gasteiger partial charge is 0.269 e. The summed E-state index contributed by atoms with van der Waals surface area (Å²) in [7, 11) is 0. The van der Waals surface area contributed by atoms with Crippen LogP contribution in [0.3, 0.4) is 0 Å². The lowest BCUT2D eigenvalue weighted by molar-refractivity contribution is -0.384. The third-order valence-corrected chi connectivity index (χ3v) is 4.00. The van der Waals surface area contributed by atoms with Gasteiger partial charge in [0, 0.05) is 17.8 Å². The molecule has 0 aromatic heterocycles. The Hall–Kier alpha value is -3.39. The van der Waals surface area contributed by atoms with E-state index in [1.54, 1.807) is 12.1 Å². The van der Waals surface area contributed by atoms with Gasteiger partial charge in [-0.3, -0.25) is 19.7 Å². The predicted molar refractivity (Wildman–Crippen MR) is 98.0 cm³/mol. The molecule has 27 heavy (non-hydrogen) atoms. The largest absolute Gasteiger partial charge is 0.454 e. The van der Waals surface area contributed by atoms with Gasteiger partial charge in [-0.2, -0.15) is 0 Å². The molecule has 0 saturated heterocycles. The molecular formula is C18H13ClN2O6. The number of anilines is 1. The third-order valence-electron chi connectivity index (χ3n) is 3.72. The Kier molecular flexibility index (Phi) is 5.09. The summed E-state index contributed by atoms with van der Waals surface area (Å²) in [6.07, 6.45) is 1.39. The van der Waals surface area contributed by atoms with Crippen LogP contribution in [-0.4, -0.2) is 23.4 Å². The maximum Gasteiger partial charge on any atom is 0.269 e. The van der Waals surface area contributed by atoms with E-state index in [-0.39, 0.29) is 18.1 Å². The summed E-state index contributed by atoms with van der Waals surface area (Å²) in [5.41, 5.74) is 0.600. The van der Waals surface area contributed by atoms with E-state index in [2.05, 4.69) is 5.32 Å². The number of ketones is 1. The molecule has 138 valence electrons. The van der Waals surface area contributed by atoms with Crippen LogP contribution in [0.4, 0.5) is 11.4 Å². The Bertz CT molecular complexity index is 969. The normalized spacial score (nSPS) is 12.6. The first-order valence-electron chi connectivity index (χ1n) is 7.73. The molecule has 0 saturated carbocycles. The van der Waals surface area contributed by atoms with Crippen molar-refractivity contribution >= 4 is 40.7 Å². The minimum absolute atomic E-state index is 0.0441. The summed E-state index contributed by atoms with van der Waals surface area (Å²) in [6, 6.07) is 8.43. The zero-order valence-corrected chi connectivity index (χ0v) is 14.8. The second-order valence-electron chi connectivity index (χ2n) is 5.61. The number of fused-ring (bicyclic) bond motifs is 1. The van der Waals surface area contributed by atoms with Crippen molar-refractivity contribution in [2.45, 2.75) is 6.92 Å². The zero-order chi connectivity index (χ0) is 19.6. The summed E-state index contributed by atoms with van der Waals surface area (Å²) < 4.78 is 10.5. The quantitative estimate of drug-likeness (QED) is 0.276. The van der Waals surface area contributed by atoms with Gasteiger partial charge in [-0.1, -0.05) is 11.6 Å². The highest BCUT2D eigenvalue weighted by Crippen LogP contribution is 2.40. The first kappa shape index (κ1) is 18.4. The van der Waals surface area contributed by atoms with Gasteiger partial charge < -0.3 is 14.8 Å². The fourth-order valence-corrected chi connectivity index (χ4v) is 2.70. The number of non-ortho nitro benzene ring substituents is 1. The van der Waals surface area contributed by atoms with Gasteiger partial charge in [0.25, 0.3) is 11.6 Å². The van der Waals surface area contributed by atoms with Gasteiger partial charge in [0.2, 0.25) is 6.79 Å². The number of benzene rings is 2. The molecular weight excluding hydrogens is 376 g/mol. The number of nitro groups is 1. The summed E-state index contributed by atoms with van der Waals surface area (Å²) >= 11 is 6.11. The molecule has 0 unspecified atom stereocenters. The van der Waals surface area contributed by atoms with Gasteiger partial charge in [-0.05, 0) is 42.8 Å². The highest BCUT2D eigenvalue weighted by molar-refractivity contribution is 6.32. The van der Waals surface area contributed by atoms with E-state index >= 15 is 0 Å². The summed E-state index contributed by atoms with van der Waals surface area (Å²) in [4.78, 5) is 34.5. The van der Waals surface area contributed by atoms with E-state index < -0.39 is 16.6 Å². The average molecular weight is 389 g/mol. The van der Waals surface area contributed by atoms with Crippen LogP contribution in [0.15, 0.2) is 42.0 Å². The predicted octanol–water partition coefficient (Wildman–Crippen LogP) is 3.59. The van der Waals surface area contributed by atoms with Crippen molar-refractivity contribution in [2.75, 3.05) is 12.1 Å². The Morgan fingerprint density at radius 2 is 1.93 bits per heavy atom. The van der Waals surface area contributed by atoms with Gasteiger partial charge in [-0.25, -0.2) is 0 Å². The number of amides is 1. The molecule has 3 rings (SSSR count). The second kappa shape index (κ2) is 7.46. The van der Waals surface area contributed by atoms with E-state index in [0.29, 0.717) is 27.8 Å². The van der Waals surface area contributed by atoms with Crippen LogP contribution in [0.25, 0.3) is 6.08 Å². The van der Waals surface area contributed by atoms with Gasteiger partial charge in [0.05, 0.1) is 15.5 Å². The number of hydrogen-bond donors (Lipinski definition) is 1. The molecule has 1 heterocycles. The monoisotopic (exact) mass is 388 g/mol. The molecule has 1 aliphatic rings. The van der Waals surface area contributed by atoms with Crippen molar-refractivity contribution in [3.63, 3.8) is 0 Å². The number of ether oxygens (including phenoxy) is 2. The molecule has 0 aliphatic carbocycles. The van der Waals surface area contributed by atoms with E-state index in [1.807, 2.05) is 0 Å². The Morgan fingerprint density at radius 3 is 2.56 bits per heavy atom. The van der Waals surface area contributed by atoms with E-state index in [1.165, 1.54) is 37.3 Å². The van der Waals surface area contributed by atoms with E-state index in [0.717, 1.165) is 0 Å². The number of Topliss-reactive ketones (excluding diaryl/α,β-unsaturated/α-hetero) is 1. The van der Waals surface area contributed by atoms with Crippen LogP contribution in [0.2, 0.25) is 5.02 Å². The molecule has 1 aliphatic heterocycles. The van der Waals surface area contributed by atoms with Gasteiger partial charge >= 0.3 is 0 Å². The lowest BCUT2D eigenvalue weighted by atomic mass is 10.1. The third kappa shape index (κ3) is 4.06. The molecule has 0 radical (unpaired) electrons. The number of nitrogens with one attached hydrogen (secondary N) is 1. The molecule has 2 aromatic rings. The number of hydrogen-bond acceptors (Lipinski definition) is 6. The topological polar surface area (TPSA) is 108 Å². The number of nitro benzene ring substituents is 1. The highest BCUT2D eigenvalue weighted by Gasteiger charge is 2.20. The standard InChI is InChI=1S/C18H13ClN2O6/c1-10(22)14(6-11-7-15(19)17-16(8-11)26-9-27-17)18(23)20-12-2-4-13(5-3-12)21(24)25/h2-8H,9H2,1H3,(H,20,23)/b14-6+. The van der Waals surface area contributed by atoms with E-state index in [9.17, 15) is 19.7 Å². The Labute approximate surface area is 158 Å². The number of nitrogens with zero attached hydrogens (tertiary/aromatic N) is 1. The van der Waals surface area contributed by atoms with Crippen molar-refractivity contribution in [3.05, 3.63) is 62.7 Å². The summed E-state index contributed by atoms with van der Waals surface area (Å²) in [5, 5.41) is 13.5. The minimum atomic E-state index is -0.648. The van der Waals surface area contributed by atoms with Crippen molar-refractivity contribution in [3.8, 4) is 11.5 Å². The summed E-state index contributed by atoms with van der Waals surface area (Å²) in [5.74, 6) is -0.269. The lowest BCUT2D eigenvalue weighted by Gasteiger charge is -2.07. The first-order valence-corrected chi connectivity index (χ1v) is 8.10. The number of carbonyl (C=O) groups excluding carboxylic acids is 2. The van der Waals surface area contributed by atoms with Crippen molar-refractivity contribution in [2.24, 2.45) is 0 Å². The fourth-order valence-electron chi connectivity index (χ4n) is 2.43. The molecule has 0 bridgehead atoms. The van der Waals surface area contributed by atoms with Crippen LogP contribution in [0.5, 0.6) is 11.5 Å². The van der Waals surface area contributed by atoms with Crippen LogP contribution < -0.4 is 14.8 Å². The molecule has 2 aromatic carbocycles. The molecule has 1 N–H and O–H groups in total. The van der Waals surface area contributed by atoms with Gasteiger partial charge in [0.1, 0.15) is 0 Å². The molecule has 0 spiro atoms. The van der Waals surface area contributed by atoms with E-state index in [4.69, 9.17) is 21.1 Å². The van der Waals surface area contributed by atoms with Gasteiger partial charge in [-0.15, -0.1) is 0 Å². The van der Waals surface area contributed by atoms with Crippen LogP contribution in [0, 0.1) is 10.1 Å². The maximum absolute atomic E-state index is 12.5.